The first-order valence-electron chi connectivity index (χ1n) is 9.95. The van der Waals surface area contributed by atoms with Crippen LogP contribution in [-0.2, 0) is 9.53 Å². The van der Waals surface area contributed by atoms with Crippen LogP contribution in [0.15, 0.2) is 65.7 Å². The second kappa shape index (κ2) is 8.20. The number of aliphatic carboxylic acids is 1. The van der Waals surface area contributed by atoms with Gasteiger partial charge in [-0.1, -0.05) is 42.5 Å². The lowest BCUT2D eigenvalue weighted by molar-refractivity contribution is -0.135. The zero-order valence-electron chi connectivity index (χ0n) is 17.2. The summed E-state index contributed by atoms with van der Waals surface area (Å²) in [5, 5.41) is 11.0. The minimum absolute atomic E-state index is 0.0747. The largest absolute Gasteiger partial charge is 0.480 e. The number of allylic oxidation sites excluding steroid dienone is 1. The molecule has 0 aromatic heterocycles. The number of aliphatic imine (C=N–C) groups is 1. The molecule has 2 aromatic carbocycles. The van der Waals surface area contributed by atoms with E-state index in [0.29, 0.717) is 18.9 Å². The number of carboxylic acid groups (broad SMARTS) is 1. The molecule has 0 amide bonds. The van der Waals surface area contributed by atoms with Gasteiger partial charge < -0.3 is 14.7 Å². The minimum Gasteiger partial charge on any atom is -0.480 e. The number of carboxylic acids is 1. The second-order valence-electron chi connectivity index (χ2n) is 7.69. The fraction of sp³-hybridized carbons (Fsp3) is 0.304. The molecule has 156 valence electrons. The second-order valence-corrected chi connectivity index (χ2v) is 7.69. The molecule has 0 radical (unpaired) electrons. The molecule has 2 heterocycles. The van der Waals surface area contributed by atoms with Gasteiger partial charge in [0.05, 0.1) is 11.6 Å². The van der Waals surface area contributed by atoms with E-state index >= 15 is 0 Å². The molecule has 2 unspecified atom stereocenters. The molecule has 2 aliphatic rings. The van der Waals surface area contributed by atoms with Crippen molar-refractivity contribution in [2.24, 2.45) is 10.9 Å². The lowest BCUT2D eigenvalue weighted by Gasteiger charge is -2.24. The number of carbonyl (C=O) groups is 1. The lowest BCUT2D eigenvalue weighted by Crippen LogP contribution is -2.41. The molecule has 7 nitrogen and oxygen atoms in total. The maximum absolute atomic E-state index is 11.1. The molecule has 1 spiro atoms. The van der Waals surface area contributed by atoms with Crippen LogP contribution in [0, 0.1) is 5.92 Å². The van der Waals surface area contributed by atoms with Crippen LogP contribution in [0.1, 0.15) is 12.0 Å². The van der Waals surface area contributed by atoms with Crippen LogP contribution in [0.2, 0.25) is 0 Å². The molecule has 0 saturated carbocycles. The van der Waals surface area contributed by atoms with E-state index in [2.05, 4.69) is 51.7 Å². The van der Waals surface area contributed by atoms with Gasteiger partial charge in [0.15, 0.2) is 5.72 Å². The molecule has 2 aromatic rings. The maximum Gasteiger partial charge on any atom is 0.325 e. The van der Waals surface area contributed by atoms with Crippen molar-refractivity contribution in [3.05, 3.63) is 66.2 Å². The van der Waals surface area contributed by atoms with Crippen LogP contribution in [0.5, 0.6) is 0 Å². The summed E-state index contributed by atoms with van der Waals surface area (Å²) in [6.07, 6.45) is 4.87. The highest BCUT2D eigenvalue weighted by Gasteiger charge is 2.63. The van der Waals surface area contributed by atoms with E-state index in [4.69, 9.17) is 9.84 Å². The van der Waals surface area contributed by atoms with Crippen LogP contribution >= 0.6 is 0 Å². The zero-order valence-corrected chi connectivity index (χ0v) is 17.2. The summed E-state index contributed by atoms with van der Waals surface area (Å²) in [7, 11) is 4.03. The fourth-order valence-corrected chi connectivity index (χ4v) is 3.74. The van der Waals surface area contributed by atoms with Crippen LogP contribution in [0.4, 0.5) is 11.4 Å². The van der Waals surface area contributed by atoms with Gasteiger partial charge in [0.25, 0.3) is 0 Å². The monoisotopic (exact) mass is 406 g/mol. The summed E-state index contributed by atoms with van der Waals surface area (Å²) < 4.78 is 5.91. The van der Waals surface area contributed by atoms with Crippen molar-refractivity contribution in [3.8, 4) is 0 Å². The Bertz CT molecular complexity index is 950. The number of amidine groups is 1. The van der Waals surface area contributed by atoms with E-state index in [1.54, 1.807) is 0 Å². The number of ether oxygens (including phenoxy) is 1. The fourth-order valence-electron chi connectivity index (χ4n) is 3.74. The van der Waals surface area contributed by atoms with Crippen molar-refractivity contribution in [1.82, 2.24) is 5.43 Å². The van der Waals surface area contributed by atoms with Crippen LogP contribution in [-0.4, -0.2) is 49.9 Å². The summed E-state index contributed by atoms with van der Waals surface area (Å²) in [6, 6.07) is 18.2. The molecule has 2 saturated heterocycles. The van der Waals surface area contributed by atoms with Crippen molar-refractivity contribution < 1.29 is 14.6 Å². The average molecular weight is 406 g/mol. The zero-order chi connectivity index (χ0) is 21.1. The molecule has 4 rings (SSSR count). The first-order chi connectivity index (χ1) is 14.5. The number of benzene rings is 2. The molecule has 2 atom stereocenters. The van der Waals surface area contributed by atoms with Gasteiger partial charge in [-0.3, -0.25) is 20.2 Å². The predicted molar refractivity (Wildman–Crippen MR) is 119 cm³/mol. The number of rotatable bonds is 7. The third-order valence-corrected chi connectivity index (χ3v) is 5.41. The van der Waals surface area contributed by atoms with Crippen molar-refractivity contribution in [2.75, 3.05) is 37.2 Å². The van der Waals surface area contributed by atoms with Gasteiger partial charge in [0, 0.05) is 19.8 Å². The maximum atomic E-state index is 11.1. The van der Waals surface area contributed by atoms with Gasteiger partial charge in [-0.15, -0.1) is 0 Å². The molecule has 0 bridgehead atoms. The number of para-hydroxylation sites is 1. The predicted octanol–water partition coefficient (Wildman–Crippen LogP) is 3.01. The van der Waals surface area contributed by atoms with Crippen molar-refractivity contribution >= 4 is 29.3 Å². The Morgan fingerprint density at radius 1 is 1.27 bits per heavy atom. The van der Waals surface area contributed by atoms with Gasteiger partial charge in [-0.25, -0.2) is 0 Å². The summed E-state index contributed by atoms with van der Waals surface area (Å²) in [4.78, 5) is 17.5. The number of hydrazine groups is 1. The Kier molecular flexibility index (Phi) is 5.46. The Morgan fingerprint density at radius 3 is 2.57 bits per heavy atom. The van der Waals surface area contributed by atoms with Gasteiger partial charge in [-0.05, 0) is 36.2 Å². The number of nitrogens with zero attached hydrogens (tertiary/aromatic N) is 3. The SMILES string of the molecule is CN(C)c1ccc(/C=C/CC2C(=NCC(=O)O)NN(c3ccccc3)C23CO3)cc1. The van der Waals surface area contributed by atoms with Crippen molar-refractivity contribution in [1.29, 1.82) is 0 Å². The summed E-state index contributed by atoms with van der Waals surface area (Å²) in [6.45, 7) is 0.296. The van der Waals surface area contributed by atoms with Crippen molar-refractivity contribution in [2.45, 2.75) is 12.1 Å². The summed E-state index contributed by atoms with van der Waals surface area (Å²) >= 11 is 0. The molecule has 2 fully saturated rings. The summed E-state index contributed by atoms with van der Waals surface area (Å²) in [5.74, 6) is -0.385. The molecular formula is C23H26N4O3. The van der Waals surface area contributed by atoms with Gasteiger partial charge in [0.2, 0.25) is 0 Å². The molecular weight excluding hydrogens is 380 g/mol. The Morgan fingerprint density at radius 2 is 1.97 bits per heavy atom. The third-order valence-electron chi connectivity index (χ3n) is 5.41. The molecule has 30 heavy (non-hydrogen) atoms. The molecule has 2 aliphatic heterocycles. The summed E-state index contributed by atoms with van der Waals surface area (Å²) in [5.41, 5.74) is 5.99. The van der Waals surface area contributed by atoms with E-state index in [9.17, 15) is 4.79 Å². The van der Waals surface area contributed by atoms with Crippen LogP contribution < -0.4 is 15.3 Å². The minimum atomic E-state index is -0.955. The standard InChI is InChI=1S/C23H26N4O3/c1-26(2)18-13-11-17(12-14-18)7-6-10-20-22(24-15-21(28)29)25-27(23(20)16-30-23)19-8-4-3-5-9-19/h3-9,11-14,20H,10,15-16H2,1-2H3,(H,24,25)(H,28,29)/b7-6+. The first-order valence-corrected chi connectivity index (χ1v) is 9.95. The molecule has 2 N–H and O–H groups in total. The van der Waals surface area contributed by atoms with E-state index in [1.165, 1.54) is 0 Å². The molecule has 7 heteroatoms. The third kappa shape index (κ3) is 4.02. The average Bonchev–Trinajstić information content (AvgIpc) is 3.47. The van der Waals surface area contributed by atoms with E-state index in [-0.39, 0.29) is 12.5 Å². The lowest BCUT2D eigenvalue weighted by atomic mass is 9.95. The normalized spacial score (nSPS) is 23.9. The number of epoxide rings is 1. The van der Waals surface area contributed by atoms with Gasteiger partial charge in [0.1, 0.15) is 19.0 Å². The van der Waals surface area contributed by atoms with Crippen LogP contribution in [0.3, 0.4) is 0 Å². The first kappa shape index (κ1) is 20.0. The topological polar surface area (TPSA) is 80.7 Å². The van der Waals surface area contributed by atoms with Gasteiger partial charge in [-0.2, -0.15) is 0 Å². The van der Waals surface area contributed by atoms with Gasteiger partial charge >= 0.3 is 5.97 Å². The van der Waals surface area contributed by atoms with E-state index in [0.717, 1.165) is 16.9 Å². The quantitative estimate of drug-likeness (QED) is 0.688. The Labute approximate surface area is 176 Å². The number of hydrogen-bond donors (Lipinski definition) is 2. The Balaban J connectivity index is 1.54. The highest BCUT2D eigenvalue weighted by atomic mass is 16.6. The highest BCUT2D eigenvalue weighted by Crippen LogP contribution is 2.46. The smallest absolute Gasteiger partial charge is 0.325 e. The van der Waals surface area contributed by atoms with E-state index in [1.807, 2.05) is 49.4 Å². The van der Waals surface area contributed by atoms with Crippen LogP contribution in [0.25, 0.3) is 6.08 Å². The highest BCUT2D eigenvalue weighted by molar-refractivity contribution is 5.93. The number of hydrogen-bond acceptors (Lipinski definition) is 5. The van der Waals surface area contributed by atoms with Crippen molar-refractivity contribution in [3.63, 3.8) is 0 Å². The number of nitrogens with one attached hydrogen (secondary N) is 1. The number of anilines is 2. The Hall–Kier alpha value is -3.32. The molecule has 0 aliphatic carbocycles. The van der Waals surface area contributed by atoms with E-state index < -0.39 is 11.7 Å².